The van der Waals surface area contributed by atoms with Gasteiger partial charge in [-0.25, -0.2) is 8.42 Å². The summed E-state index contributed by atoms with van der Waals surface area (Å²) in [6, 6.07) is 1.30. The van der Waals surface area contributed by atoms with E-state index in [0.717, 1.165) is 0 Å². The fraction of sp³-hybridized carbons (Fsp3) is 0.455. The summed E-state index contributed by atoms with van der Waals surface area (Å²) < 4.78 is 29.4. The lowest BCUT2D eigenvalue weighted by Gasteiger charge is -2.26. The maximum atomic E-state index is 12.1. The number of anilines is 1. The monoisotopic (exact) mass is 285 g/mol. The quantitative estimate of drug-likeness (QED) is 0.787. The minimum Gasteiger partial charge on any atom is -0.396 e. The summed E-state index contributed by atoms with van der Waals surface area (Å²) in [7, 11) is -3.74. The number of sulfone groups is 1. The van der Waals surface area contributed by atoms with Crippen molar-refractivity contribution in [1.29, 1.82) is 0 Å². The molecule has 1 aromatic rings. The molecule has 1 amide bonds. The van der Waals surface area contributed by atoms with Crippen LogP contribution in [0.2, 0.25) is 0 Å². The summed E-state index contributed by atoms with van der Waals surface area (Å²) in [5.41, 5.74) is 5.63. The summed E-state index contributed by atoms with van der Waals surface area (Å²) in [5, 5.41) is 0. The second-order valence-corrected chi connectivity index (χ2v) is 6.12. The number of morpholine rings is 1. The molecule has 0 aliphatic carbocycles. The first kappa shape index (κ1) is 13.8. The number of nitrogen functional groups attached to an aromatic ring is 1. The molecule has 1 aliphatic heterocycles. The number of nitrogens with two attached hydrogens (primary N) is 1. The molecule has 7 nitrogen and oxygen atoms in total. The third kappa shape index (κ3) is 3.21. The molecule has 0 radical (unpaired) electrons. The van der Waals surface area contributed by atoms with Crippen LogP contribution in [0.25, 0.3) is 0 Å². The first-order chi connectivity index (χ1) is 9.00. The predicted molar refractivity (Wildman–Crippen MR) is 68.1 cm³/mol. The molecule has 2 rings (SSSR count). The second kappa shape index (κ2) is 5.54. The molecule has 2 N–H and O–H groups in total. The lowest BCUT2D eigenvalue weighted by atomic mass is 10.4. The Bertz CT molecular complexity index is 567. The van der Waals surface area contributed by atoms with E-state index in [2.05, 4.69) is 4.98 Å². The zero-order valence-electron chi connectivity index (χ0n) is 10.3. The average molecular weight is 285 g/mol. The summed E-state index contributed by atoms with van der Waals surface area (Å²) in [5.74, 6) is -1.01. The molecule has 0 aromatic carbocycles. The van der Waals surface area contributed by atoms with Gasteiger partial charge in [-0.05, 0) is 6.07 Å². The lowest BCUT2D eigenvalue weighted by molar-refractivity contribution is -0.132. The van der Waals surface area contributed by atoms with Gasteiger partial charge in [0.2, 0.25) is 5.91 Å². The van der Waals surface area contributed by atoms with E-state index in [9.17, 15) is 13.2 Å². The number of carbonyl (C=O) groups is 1. The van der Waals surface area contributed by atoms with Crippen LogP contribution in [0.4, 0.5) is 5.69 Å². The van der Waals surface area contributed by atoms with Gasteiger partial charge >= 0.3 is 0 Å². The van der Waals surface area contributed by atoms with Crippen LogP contribution in [0.1, 0.15) is 0 Å². The molecule has 19 heavy (non-hydrogen) atoms. The van der Waals surface area contributed by atoms with Crippen LogP contribution < -0.4 is 5.73 Å². The van der Waals surface area contributed by atoms with E-state index < -0.39 is 21.5 Å². The van der Waals surface area contributed by atoms with E-state index in [1.54, 1.807) is 0 Å². The second-order valence-electron chi connectivity index (χ2n) is 4.17. The Morgan fingerprint density at radius 1 is 1.42 bits per heavy atom. The minimum absolute atomic E-state index is 0.0518. The van der Waals surface area contributed by atoms with Gasteiger partial charge in [-0.15, -0.1) is 0 Å². The molecule has 8 heteroatoms. The van der Waals surface area contributed by atoms with Crippen molar-refractivity contribution in [2.45, 2.75) is 4.90 Å². The van der Waals surface area contributed by atoms with Crippen molar-refractivity contribution >= 4 is 21.4 Å². The molecule has 1 saturated heterocycles. The maximum Gasteiger partial charge on any atom is 0.238 e. The molecule has 1 fully saturated rings. The summed E-state index contributed by atoms with van der Waals surface area (Å²) >= 11 is 0. The number of nitrogens with zero attached hydrogens (tertiary/aromatic N) is 2. The van der Waals surface area contributed by atoms with Crippen molar-refractivity contribution < 1.29 is 17.9 Å². The molecule has 1 aliphatic rings. The summed E-state index contributed by atoms with van der Waals surface area (Å²) in [6.45, 7) is 1.70. The summed E-state index contributed by atoms with van der Waals surface area (Å²) in [6.07, 6.45) is 2.59. The SMILES string of the molecule is Nc1cnccc1S(=O)(=O)CC(=O)N1CCOCC1. The van der Waals surface area contributed by atoms with Crippen molar-refractivity contribution in [1.82, 2.24) is 9.88 Å². The number of amides is 1. The number of ether oxygens (including phenoxy) is 1. The largest absolute Gasteiger partial charge is 0.396 e. The van der Waals surface area contributed by atoms with Crippen LogP contribution in [0.3, 0.4) is 0 Å². The third-order valence-electron chi connectivity index (χ3n) is 2.82. The molecule has 0 spiro atoms. The molecule has 1 aromatic heterocycles. The van der Waals surface area contributed by atoms with Crippen LogP contribution in [0.15, 0.2) is 23.4 Å². The number of hydrogen-bond acceptors (Lipinski definition) is 6. The standard InChI is InChI=1S/C11H15N3O4S/c12-9-7-13-2-1-10(9)19(16,17)8-11(15)14-3-5-18-6-4-14/h1-2,7H,3-6,8,12H2. The first-order valence-electron chi connectivity index (χ1n) is 5.78. The minimum atomic E-state index is -3.74. The normalized spacial score (nSPS) is 16.3. The van der Waals surface area contributed by atoms with Gasteiger partial charge in [0.25, 0.3) is 0 Å². The smallest absolute Gasteiger partial charge is 0.238 e. The van der Waals surface area contributed by atoms with Crippen LogP contribution in [0, 0.1) is 0 Å². The molecule has 0 saturated carbocycles. The van der Waals surface area contributed by atoms with Crippen molar-refractivity contribution in [3.8, 4) is 0 Å². The maximum absolute atomic E-state index is 12.1. The molecule has 0 unspecified atom stereocenters. The van der Waals surface area contributed by atoms with Crippen molar-refractivity contribution in [3.05, 3.63) is 18.5 Å². The fourth-order valence-corrected chi connectivity index (χ4v) is 3.16. The topological polar surface area (TPSA) is 103 Å². The number of carbonyl (C=O) groups excluding carboxylic acids is 1. The van der Waals surface area contributed by atoms with Crippen LogP contribution in [-0.2, 0) is 19.4 Å². The summed E-state index contributed by atoms with van der Waals surface area (Å²) in [4.78, 5) is 17.1. The van der Waals surface area contributed by atoms with E-state index in [1.807, 2.05) is 0 Å². The Balaban J connectivity index is 2.13. The first-order valence-corrected chi connectivity index (χ1v) is 7.44. The number of hydrogen-bond donors (Lipinski definition) is 1. The van der Waals surface area contributed by atoms with Gasteiger partial charge in [0.1, 0.15) is 5.75 Å². The van der Waals surface area contributed by atoms with E-state index >= 15 is 0 Å². The lowest BCUT2D eigenvalue weighted by Crippen LogP contribution is -2.43. The molecule has 0 atom stereocenters. The molecular formula is C11H15N3O4S. The van der Waals surface area contributed by atoms with Gasteiger partial charge in [-0.3, -0.25) is 9.78 Å². The van der Waals surface area contributed by atoms with E-state index in [4.69, 9.17) is 10.5 Å². The van der Waals surface area contributed by atoms with Gasteiger partial charge in [-0.1, -0.05) is 0 Å². The van der Waals surface area contributed by atoms with Crippen LogP contribution >= 0.6 is 0 Å². The fourth-order valence-electron chi connectivity index (χ4n) is 1.82. The van der Waals surface area contributed by atoms with Crippen molar-refractivity contribution in [2.24, 2.45) is 0 Å². The van der Waals surface area contributed by atoms with E-state index in [1.165, 1.54) is 23.4 Å². The van der Waals surface area contributed by atoms with Crippen molar-refractivity contribution in [3.63, 3.8) is 0 Å². The van der Waals surface area contributed by atoms with Gasteiger partial charge in [0, 0.05) is 19.3 Å². The highest BCUT2D eigenvalue weighted by Crippen LogP contribution is 2.18. The number of rotatable bonds is 3. The molecule has 0 bridgehead atoms. The molecule has 104 valence electrons. The highest BCUT2D eigenvalue weighted by molar-refractivity contribution is 7.92. The van der Waals surface area contributed by atoms with Gasteiger partial charge in [0.05, 0.1) is 30.0 Å². The van der Waals surface area contributed by atoms with Crippen molar-refractivity contribution in [2.75, 3.05) is 37.8 Å². The molecule has 2 heterocycles. The van der Waals surface area contributed by atoms with E-state index in [-0.39, 0.29) is 10.6 Å². The van der Waals surface area contributed by atoms with E-state index in [0.29, 0.717) is 26.3 Å². The van der Waals surface area contributed by atoms with Gasteiger partial charge in [-0.2, -0.15) is 0 Å². The Kier molecular flexibility index (Phi) is 4.01. The average Bonchev–Trinajstić information content (AvgIpc) is 2.39. The Morgan fingerprint density at radius 2 is 2.11 bits per heavy atom. The zero-order valence-corrected chi connectivity index (χ0v) is 11.1. The Morgan fingerprint density at radius 3 is 2.74 bits per heavy atom. The number of pyridine rings is 1. The molecular weight excluding hydrogens is 270 g/mol. The highest BCUT2D eigenvalue weighted by Gasteiger charge is 2.26. The van der Waals surface area contributed by atoms with Crippen LogP contribution in [0.5, 0.6) is 0 Å². The Hall–Kier alpha value is -1.67. The number of aromatic nitrogens is 1. The third-order valence-corrected chi connectivity index (χ3v) is 4.49. The van der Waals surface area contributed by atoms with Crippen LogP contribution in [-0.4, -0.2) is 56.3 Å². The zero-order chi connectivity index (χ0) is 13.9. The van der Waals surface area contributed by atoms with Gasteiger partial charge < -0.3 is 15.4 Å². The van der Waals surface area contributed by atoms with Gasteiger partial charge in [0.15, 0.2) is 9.84 Å². The Labute approximate surface area is 111 Å². The highest BCUT2D eigenvalue weighted by atomic mass is 32.2. The predicted octanol–water partition coefficient (Wildman–Crippen LogP) is -0.704.